The van der Waals surface area contributed by atoms with E-state index >= 15 is 0 Å². The van der Waals surface area contributed by atoms with Crippen LogP contribution in [0.5, 0.6) is 11.5 Å². The lowest BCUT2D eigenvalue weighted by molar-refractivity contribution is 0.171. The predicted molar refractivity (Wildman–Crippen MR) is 92.8 cm³/mol. The van der Waals surface area contributed by atoms with Crippen LogP contribution in [-0.4, -0.2) is 32.0 Å². The van der Waals surface area contributed by atoms with Crippen LogP contribution in [0, 0.1) is 5.92 Å². The Hall–Kier alpha value is -1.56. The molecule has 23 heavy (non-hydrogen) atoms. The van der Waals surface area contributed by atoms with Crippen LogP contribution in [0.4, 0.5) is 10.5 Å². The molecular weight excluding hydrogens is 312 g/mol. The molecule has 1 aromatic rings. The number of hydrogen-bond acceptors (Lipinski definition) is 4. The van der Waals surface area contributed by atoms with Crippen LogP contribution in [-0.2, 0) is 0 Å². The van der Waals surface area contributed by atoms with Crippen LogP contribution >= 0.6 is 11.8 Å². The summed E-state index contributed by atoms with van der Waals surface area (Å²) in [6.07, 6.45) is 8.33. The number of rotatable bonds is 4. The Labute approximate surface area is 141 Å². The number of ether oxygens (including phenoxy) is 2. The van der Waals surface area contributed by atoms with Gasteiger partial charge in [0, 0.05) is 17.5 Å². The van der Waals surface area contributed by atoms with Gasteiger partial charge in [-0.1, -0.05) is 19.3 Å². The van der Waals surface area contributed by atoms with Crippen molar-refractivity contribution in [3.8, 4) is 11.5 Å². The van der Waals surface area contributed by atoms with Gasteiger partial charge in [-0.2, -0.15) is 0 Å². The molecular formula is C17H24N2O3S. The third-order valence-corrected chi connectivity index (χ3v) is 5.17. The number of carbonyl (C=O) groups excluding carboxylic acids is 1. The standard InChI is InChI=1S/C17H24N2O3S/c1-23-16-10-15-14(21-7-8-22-15)9-13(16)19-17(20)18-11-12-5-3-2-4-6-12/h9-10,12H,2-8,11H2,1H3,(H2,18,19,20). The van der Waals surface area contributed by atoms with E-state index in [4.69, 9.17) is 9.47 Å². The van der Waals surface area contributed by atoms with Gasteiger partial charge in [0.1, 0.15) is 13.2 Å². The van der Waals surface area contributed by atoms with Gasteiger partial charge in [0.15, 0.2) is 11.5 Å². The molecule has 1 heterocycles. The largest absolute Gasteiger partial charge is 0.486 e. The van der Waals surface area contributed by atoms with Crippen LogP contribution in [0.1, 0.15) is 32.1 Å². The maximum absolute atomic E-state index is 12.2. The second kappa shape index (κ2) is 7.81. The Morgan fingerprint density at radius 3 is 2.57 bits per heavy atom. The number of amides is 2. The smallest absolute Gasteiger partial charge is 0.319 e. The number of fused-ring (bicyclic) bond motifs is 1. The third-order valence-electron chi connectivity index (χ3n) is 4.39. The van der Waals surface area contributed by atoms with Crippen molar-refractivity contribution in [3.05, 3.63) is 12.1 Å². The highest BCUT2D eigenvalue weighted by Crippen LogP contribution is 2.39. The van der Waals surface area contributed by atoms with Gasteiger partial charge in [-0.3, -0.25) is 0 Å². The lowest BCUT2D eigenvalue weighted by Gasteiger charge is -2.23. The molecule has 1 aliphatic carbocycles. The Morgan fingerprint density at radius 1 is 1.17 bits per heavy atom. The Bertz CT molecular complexity index is 559. The molecule has 3 rings (SSSR count). The first kappa shape index (κ1) is 16.3. The zero-order chi connectivity index (χ0) is 16.1. The van der Waals surface area contributed by atoms with Gasteiger partial charge >= 0.3 is 6.03 Å². The SMILES string of the molecule is CSc1cc2c(cc1NC(=O)NCC1CCCCC1)OCCO2. The molecule has 2 N–H and O–H groups in total. The summed E-state index contributed by atoms with van der Waals surface area (Å²) >= 11 is 1.58. The minimum atomic E-state index is -0.150. The lowest BCUT2D eigenvalue weighted by Crippen LogP contribution is -2.33. The van der Waals surface area contributed by atoms with E-state index < -0.39 is 0 Å². The van der Waals surface area contributed by atoms with Crippen molar-refractivity contribution in [1.82, 2.24) is 5.32 Å². The molecule has 1 fully saturated rings. The molecule has 1 aliphatic heterocycles. The summed E-state index contributed by atoms with van der Waals surface area (Å²) in [5, 5.41) is 5.95. The van der Waals surface area contributed by atoms with Crippen molar-refractivity contribution >= 4 is 23.5 Å². The van der Waals surface area contributed by atoms with Gasteiger partial charge in [-0.25, -0.2) is 4.79 Å². The van der Waals surface area contributed by atoms with E-state index in [1.54, 1.807) is 11.8 Å². The fourth-order valence-electron chi connectivity index (χ4n) is 3.13. The molecule has 2 amide bonds. The number of benzene rings is 1. The highest BCUT2D eigenvalue weighted by atomic mass is 32.2. The molecule has 0 bridgehead atoms. The number of urea groups is 1. The monoisotopic (exact) mass is 336 g/mol. The summed E-state index contributed by atoms with van der Waals surface area (Å²) in [7, 11) is 0. The van der Waals surface area contributed by atoms with Gasteiger partial charge in [-0.05, 0) is 31.1 Å². The molecule has 0 aromatic heterocycles. The van der Waals surface area contributed by atoms with Crippen molar-refractivity contribution in [3.63, 3.8) is 0 Å². The fraction of sp³-hybridized carbons (Fsp3) is 0.588. The second-order valence-corrected chi connectivity index (χ2v) is 6.88. The van der Waals surface area contributed by atoms with E-state index in [-0.39, 0.29) is 6.03 Å². The van der Waals surface area contributed by atoms with Crippen molar-refractivity contribution < 1.29 is 14.3 Å². The maximum atomic E-state index is 12.2. The van der Waals surface area contributed by atoms with E-state index in [0.717, 1.165) is 22.9 Å². The van der Waals surface area contributed by atoms with Gasteiger partial charge in [0.2, 0.25) is 0 Å². The van der Waals surface area contributed by atoms with E-state index in [1.165, 1.54) is 32.1 Å². The Morgan fingerprint density at radius 2 is 1.87 bits per heavy atom. The summed E-state index contributed by atoms with van der Waals surface area (Å²) < 4.78 is 11.2. The van der Waals surface area contributed by atoms with Crippen LogP contribution in [0.2, 0.25) is 0 Å². The molecule has 1 aromatic carbocycles. The van der Waals surface area contributed by atoms with E-state index in [9.17, 15) is 4.79 Å². The minimum absolute atomic E-state index is 0.150. The fourth-order valence-corrected chi connectivity index (χ4v) is 3.69. The van der Waals surface area contributed by atoms with Gasteiger partial charge in [0.25, 0.3) is 0 Å². The summed E-state index contributed by atoms with van der Waals surface area (Å²) in [6.45, 7) is 1.86. The highest BCUT2D eigenvalue weighted by molar-refractivity contribution is 7.98. The molecule has 0 atom stereocenters. The van der Waals surface area contributed by atoms with Crippen LogP contribution in [0.3, 0.4) is 0 Å². The summed E-state index contributed by atoms with van der Waals surface area (Å²) in [6, 6.07) is 3.62. The summed E-state index contributed by atoms with van der Waals surface area (Å²) in [4.78, 5) is 13.2. The van der Waals surface area contributed by atoms with Gasteiger partial charge in [0.05, 0.1) is 5.69 Å². The molecule has 0 radical (unpaired) electrons. The Kier molecular flexibility index (Phi) is 5.54. The second-order valence-electron chi connectivity index (χ2n) is 6.04. The van der Waals surface area contributed by atoms with E-state index in [1.807, 2.05) is 18.4 Å². The number of carbonyl (C=O) groups is 1. The zero-order valence-corrected chi connectivity index (χ0v) is 14.3. The summed E-state index contributed by atoms with van der Waals surface area (Å²) in [5.74, 6) is 2.06. The van der Waals surface area contributed by atoms with Crippen molar-refractivity contribution in [2.45, 2.75) is 37.0 Å². The summed E-state index contributed by atoms with van der Waals surface area (Å²) in [5.41, 5.74) is 0.767. The van der Waals surface area contributed by atoms with Gasteiger partial charge in [-0.15, -0.1) is 11.8 Å². The topological polar surface area (TPSA) is 59.6 Å². The normalized spacial score (nSPS) is 17.6. The molecule has 0 spiro atoms. The number of anilines is 1. The molecule has 1 saturated carbocycles. The number of nitrogens with one attached hydrogen (secondary N) is 2. The molecule has 2 aliphatic rings. The third kappa shape index (κ3) is 4.25. The van der Waals surface area contributed by atoms with Crippen molar-refractivity contribution in [2.24, 2.45) is 5.92 Å². The van der Waals surface area contributed by atoms with E-state index in [0.29, 0.717) is 24.9 Å². The number of thioether (sulfide) groups is 1. The van der Waals surface area contributed by atoms with Crippen molar-refractivity contribution in [2.75, 3.05) is 31.3 Å². The predicted octanol–water partition coefficient (Wildman–Crippen LogP) is 3.88. The molecule has 0 unspecified atom stereocenters. The van der Waals surface area contributed by atoms with Crippen LogP contribution < -0.4 is 20.1 Å². The molecule has 0 saturated heterocycles. The first-order valence-corrected chi connectivity index (χ1v) is 9.51. The zero-order valence-electron chi connectivity index (χ0n) is 13.5. The Balaban J connectivity index is 1.60. The van der Waals surface area contributed by atoms with Crippen molar-refractivity contribution in [1.29, 1.82) is 0 Å². The van der Waals surface area contributed by atoms with Crippen LogP contribution in [0.25, 0.3) is 0 Å². The van der Waals surface area contributed by atoms with Crippen LogP contribution in [0.15, 0.2) is 17.0 Å². The first-order valence-electron chi connectivity index (χ1n) is 8.29. The average Bonchev–Trinajstić information content (AvgIpc) is 2.60. The lowest BCUT2D eigenvalue weighted by atomic mass is 9.89. The first-order chi connectivity index (χ1) is 11.3. The van der Waals surface area contributed by atoms with Gasteiger partial charge < -0.3 is 20.1 Å². The minimum Gasteiger partial charge on any atom is -0.486 e. The van der Waals surface area contributed by atoms with E-state index in [2.05, 4.69) is 10.6 Å². The average molecular weight is 336 g/mol. The number of hydrogen-bond donors (Lipinski definition) is 2. The highest BCUT2D eigenvalue weighted by Gasteiger charge is 2.18. The maximum Gasteiger partial charge on any atom is 0.319 e. The quantitative estimate of drug-likeness (QED) is 0.819. The molecule has 6 heteroatoms. The molecule has 5 nitrogen and oxygen atoms in total. The molecule has 126 valence electrons.